The molecule has 3 nitrogen and oxygen atoms in total. The van der Waals surface area contributed by atoms with Crippen LogP contribution >= 0.6 is 24.8 Å². The maximum Gasteiger partial charge on any atom is 0.0936 e. The molecule has 0 amide bonds. The van der Waals surface area contributed by atoms with Crippen LogP contribution in [0.15, 0.2) is 0 Å². The molecule has 0 aromatic heterocycles. The van der Waals surface area contributed by atoms with Crippen LogP contribution in [0.4, 0.5) is 0 Å². The first-order chi connectivity index (χ1) is 4.74. The van der Waals surface area contributed by atoms with E-state index in [0.717, 1.165) is 26.1 Å². The van der Waals surface area contributed by atoms with Crippen molar-refractivity contribution in [2.45, 2.75) is 12.0 Å². The fraction of sp³-hybridized carbons (Fsp3) is 1.00. The first kappa shape index (κ1) is 12.5. The van der Waals surface area contributed by atoms with E-state index in [2.05, 4.69) is 4.90 Å². The highest BCUT2D eigenvalue weighted by molar-refractivity contribution is 5.85. The summed E-state index contributed by atoms with van der Waals surface area (Å²) >= 11 is 0. The summed E-state index contributed by atoms with van der Waals surface area (Å²) in [5.74, 6) is 0.456. The van der Waals surface area contributed by atoms with E-state index in [1.165, 1.54) is 0 Å². The van der Waals surface area contributed by atoms with Crippen LogP contribution in [0.5, 0.6) is 0 Å². The summed E-state index contributed by atoms with van der Waals surface area (Å²) in [6.07, 6.45) is 1.13. The lowest BCUT2D eigenvalue weighted by Gasteiger charge is -2.30. The van der Waals surface area contributed by atoms with Crippen LogP contribution in [0.2, 0.25) is 0 Å². The molecule has 2 rings (SSSR count). The van der Waals surface area contributed by atoms with Gasteiger partial charge in [-0.2, -0.15) is 0 Å². The van der Waals surface area contributed by atoms with Crippen molar-refractivity contribution in [3.8, 4) is 0 Å². The second-order valence-corrected chi connectivity index (χ2v) is 3.53. The Morgan fingerprint density at radius 1 is 1.50 bits per heavy atom. The van der Waals surface area contributed by atoms with Crippen LogP contribution in [0, 0.1) is 5.92 Å². The molecule has 2 aliphatic heterocycles. The van der Waals surface area contributed by atoms with Gasteiger partial charge < -0.3 is 15.7 Å². The Morgan fingerprint density at radius 2 is 2.17 bits per heavy atom. The Hall–Kier alpha value is 0.460. The fourth-order valence-electron chi connectivity index (χ4n) is 2.16. The Balaban J connectivity index is 0.000000605. The topological polar surface area (TPSA) is 49.5 Å². The molecule has 12 heavy (non-hydrogen) atoms. The lowest BCUT2D eigenvalue weighted by atomic mass is 9.88. The zero-order chi connectivity index (χ0) is 7.19. The van der Waals surface area contributed by atoms with Gasteiger partial charge in [0.15, 0.2) is 0 Å². The van der Waals surface area contributed by atoms with Crippen molar-refractivity contribution in [2.24, 2.45) is 11.7 Å². The quantitative estimate of drug-likeness (QED) is 0.639. The predicted octanol–water partition coefficient (Wildman–Crippen LogP) is -0.145. The largest absolute Gasteiger partial charge is 0.387 e. The molecule has 2 fully saturated rings. The molecule has 0 radical (unpaired) electrons. The molecule has 0 aromatic carbocycles. The molecule has 0 aromatic rings. The number of nitrogens with zero attached hydrogens (tertiary/aromatic N) is 1. The molecular weight excluding hydrogens is 199 g/mol. The van der Waals surface area contributed by atoms with E-state index in [-0.39, 0.29) is 24.8 Å². The first-order valence-electron chi connectivity index (χ1n) is 3.89. The van der Waals surface area contributed by atoms with Crippen molar-refractivity contribution >= 4 is 24.8 Å². The number of hydrogen-bond donors (Lipinski definition) is 2. The van der Waals surface area contributed by atoms with Gasteiger partial charge in [-0.1, -0.05) is 0 Å². The Morgan fingerprint density at radius 3 is 2.42 bits per heavy atom. The monoisotopic (exact) mass is 214 g/mol. The molecule has 2 bridgehead atoms. The lowest BCUT2D eigenvalue weighted by molar-refractivity contribution is 0.00354. The minimum Gasteiger partial charge on any atom is -0.387 e. The number of rotatable bonds is 1. The summed E-state index contributed by atoms with van der Waals surface area (Å²) in [4.78, 5) is 2.29. The number of hydrogen-bond acceptors (Lipinski definition) is 3. The molecule has 2 heterocycles. The van der Waals surface area contributed by atoms with Crippen LogP contribution in [0.25, 0.3) is 0 Å². The summed E-state index contributed by atoms with van der Waals surface area (Å²) < 4.78 is 0. The number of nitrogens with two attached hydrogens (primary N) is 1. The normalized spacial score (nSPS) is 43.5. The molecule has 1 unspecified atom stereocenters. The van der Waals surface area contributed by atoms with Crippen molar-refractivity contribution in [3.63, 3.8) is 0 Å². The van der Waals surface area contributed by atoms with Crippen LogP contribution < -0.4 is 5.73 Å². The van der Waals surface area contributed by atoms with E-state index in [4.69, 9.17) is 5.73 Å². The summed E-state index contributed by atoms with van der Waals surface area (Å²) in [5.41, 5.74) is 4.93. The standard InChI is InChI=1S/C7H14N2O.2ClH/c8-4-7(10)5-9-2-1-6(7)3-9;;/h6,10H,1-5,8H2;2*1H/t6-,7-;;/m0../s1. The molecule has 0 saturated carbocycles. The summed E-state index contributed by atoms with van der Waals surface area (Å²) in [6, 6.07) is 0. The van der Waals surface area contributed by atoms with Crippen LogP contribution in [-0.2, 0) is 0 Å². The van der Waals surface area contributed by atoms with E-state index in [1.54, 1.807) is 0 Å². The van der Waals surface area contributed by atoms with Crippen molar-refractivity contribution in [2.75, 3.05) is 26.2 Å². The second kappa shape index (κ2) is 4.11. The average molecular weight is 215 g/mol. The molecule has 74 valence electrons. The predicted molar refractivity (Wildman–Crippen MR) is 53.0 cm³/mol. The van der Waals surface area contributed by atoms with Gasteiger partial charge in [-0.05, 0) is 13.0 Å². The van der Waals surface area contributed by atoms with Crippen LogP contribution in [-0.4, -0.2) is 41.8 Å². The number of fused-ring (bicyclic) bond motifs is 2. The zero-order valence-electron chi connectivity index (χ0n) is 6.90. The van der Waals surface area contributed by atoms with Gasteiger partial charge in [0, 0.05) is 25.6 Å². The van der Waals surface area contributed by atoms with E-state index in [9.17, 15) is 5.11 Å². The summed E-state index contributed by atoms with van der Waals surface area (Å²) in [5, 5.41) is 9.82. The van der Waals surface area contributed by atoms with Gasteiger partial charge in [0.05, 0.1) is 5.60 Å². The molecule has 3 atom stereocenters. The maximum absolute atomic E-state index is 9.82. The van der Waals surface area contributed by atoms with Gasteiger partial charge in [0.1, 0.15) is 0 Å². The van der Waals surface area contributed by atoms with E-state index in [0.29, 0.717) is 12.5 Å². The molecule has 3 N–H and O–H groups in total. The zero-order valence-corrected chi connectivity index (χ0v) is 8.53. The smallest absolute Gasteiger partial charge is 0.0936 e. The van der Waals surface area contributed by atoms with Gasteiger partial charge in [0.25, 0.3) is 0 Å². The van der Waals surface area contributed by atoms with Gasteiger partial charge in [-0.3, -0.25) is 0 Å². The maximum atomic E-state index is 9.82. The molecular formula is C7H16Cl2N2O. The SMILES string of the molecule is Cl.Cl.NC[C@]1(O)CN2CC[C@H]1C2. The third-order valence-electron chi connectivity index (χ3n) is 2.88. The van der Waals surface area contributed by atoms with Crippen molar-refractivity contribution in [1.82, 2.24) is 4.90 Å². The van der Waals surface area contributed by atoms with E-state index >= 15 is 0 Å². The molecule has 0 spiro atoms. The highest BCUT2D eigenvalue weighted by Crippen LogP contribution is 2.35. The van der Waals surface area contributed by atoms with Crippen molar-refractivity contribution < 1.29 is 5.11 Å². The number of piperidine rings is 1. The highest BCUT2D eigenvalue weighted by Gasteiger charge is 2.47. The van der Waals surface area contributed by atoms with Gasteiger partial charge >= 0.3 is 0 Å². The second-order valence-electron chi connectivity index (χ2n) is 3.53. The minimum absolute atomic E-state index is 0. The average Bonchev–Trinajstić information content (AvgIpc) is 2.46. The summed E-state index contributed by atoms with van der Waals surface area (Å²) in [7, 11) is 0. The van der Waals surface area contributed by atoms with Gasteiger partial charge in [-0.25, -0.2) is 0 Å². The van der Waals surface area contributed by atoms with Crippen molar-refractivity contribution in [3.05, 3.63) is 0 Å². The van der Waals surface area contributed by atoms with Crippen LogP contribution in [0.3, 0.4) is 0 Å². The molecule has 2 saturated heterocycles. The number of halogens is 2. The van der Waals surface area contributed by atoms with Crippen molar-refractivity contribution in [1.29, 1.82) is 0 Å². The minimum atomic E-state index is -0.543. The van der Waals surface area contributed by atoms with E-state index in [1.807, 2.05) is 0 Å². The Kier molecular flexibility index (Phi) is 4.27. The van der Waals surface area contributed by atoms with E-state index < -0.39 is 5.60 Å². The lowest BCUT2D eigenvalue weighted by Crippen LogP contribution is -2.48. The fourth-order valence-corrected chi connectivity index (χ4v) is 2.16. The molecule has 2 aliphatic rings. The van der Waals surface area contributed by atoms with Crippen LogP contribution in [0.1, 0.15) is 6.42 Å². The Labute approximate surface area is 85.1 Å². The third-order valence-corrected chi connectivity index (χ3v) is 2.88. The van der Waals surface area contributed by atoms with Gasteiger partial charge in [-0.15, -0.1) is 24.8 Å². The molecule has 5 heteroatoms. The third kappa shape index (κ3) is 1.70. The Bertz CT molecular complexity index is 158. The molecule has 0 aliphatic carbocycles. The highest BCUT2D eigenvalue weighted by atomic mass is 35.5. The summed E-state index contributed by atoms with van der Waals surface area (Å²) in [6.45, 7) is 3.45. The van der Waals surface area contributed by atoms with Gasteiger partial charge in [0.2, 0.25) is 0 Å². The number of aliphatic hydroxyl groups is 1. The first-order valence-corrected chi connectivity index (χ1v) is 3.89.